The van der Waals surface area contributed by atoms with E-state index in [9.17, 15) is 18.4 Å². The fraction of sp³-hybridized carbons (Fsp3) is 0.364. The number of ether oxygens (including phenoxy) is 1. The quantitative estimate of drug-likeness (QED) is 0.168. The van der Waals surface area contributed by atoms with Gasteiger partial charge in [0, 0.05) is 35.4 Å². The molecule has 0 radical (unpaired) electrons. The number of alkyl halides is 3. The number of halogens is 4. The molecule has 3 aromatic heterocycles. The highest BCUT2D eigenvalue weighted by atomic mass is 35.5. The van der Waals surface area contributed by atoms with Crippen LogP contribution in [0, 0.1) is 22.7 Å². The van der Waals surface area contributed by atoms with Crippen LogP contribution >= 0.6 is 11.6 Å². The number of nitrogens with one attached hydrogen (secondary N) is 2. The average Bonchev–Trinajstić information content (AvgIpc) is 3.45. The van der Waals surface area contributed by atoms with Gasteiger partial charge < -0.3 is 15.4 Å². The van der Waals surface area contributed by atoms with Gasteiger partial charge in [0.1, 0.15) is 11.8 Å². The third-order valence-electron chi connectivity index (χ3n) is 9.44. The summed E-state index contributed by atoms with van der Waals surface area (Å²) in [5, 5.41) is 27.8. The monoisotopic (exact) mass is 646 g/mol. The molecule has 5 aromatic rings. The molecule has 3 aliphatic carbocycles. The van der Waals surface area contributed by atoms with Crippen molar-refractivity contribution in [3.8, 4) is 11.9 Å². The molecule has 0 saturated heterocycles. The van der Waals surface area contributed by atoms with Crippen molar-refractivity contribution >= 4 is 44.7 Å². The molecule has 236 valence electrons. The van der Waals surface area contributed by atoms with Crippen LogP contribution in [0.5, 0.6) is 5.88 Å². The predicted octanol–water partition coefficient (Wildman–Crippen LogP) is 7.62. The Morgan fingerprint density at radius 1 is 1.13 bits per heavy atom. The number of aromatic nitrogens is 5. The van der Waals surface area contributed by atoms with Gasteiger partial charge in [0.15, 0.2) is 0 Å². The zero-order valence-corrected chi connectivity index (χ0v) is 26.0. The van der Waals surface area contributed by atoms with Crippen LogP contribution in [0.4, 0.5) is 24.5 Å². The first-order valence-corrected chi connectivity index (χ1v) is 15.2. The molecule has 3 saturated carbocycles. The molecule has 8 rings (SSSR count). The van der Waals surface area contributed by atoms with Gasteiger partial charge in [-0.3, -0.25) is 4.98 Å². The number of hydrogen-bond acceptors (Lipinski definition) is 8. The van der Waals surface area contributed by atoms with Crippen molar-refractivity contribution in [1.29, 1.82) is 5.26 Å². The third-order valence-corrected chi connectivity index (χ3v) is 9.73. The van der Waals surface area contributed by atoms with Gasteiger partial charge in [-0.15, -0.1) is 5.10 Å². The van der Waals surface area contributed by atoms with E-state index in [1.54, 1.807) is 25.4 Å². The number of anilines is 2. The molecule has 3 fully saturated rings. The van der Waals surface area contributed by atoms with E-state index in [4.69, 9.17) is 16.3 Å². The molecule has 3 heterocycles. The van der Waals surface area contributed by atoms with Crippen molar-refractivity contribution in [1.82, 2.24) is 25.0 Å². The lowest BCUT2D eigenvalue weighted by Crippen LogP contribution is -2.59. The largest absolute Gasteiger partial charge is 0.481 e. The van der Waals surface area contributed by atoms with E-state index < -0.39 is 24.2 Å². The zero-order valence-electron chi connectivity index (χ0n) is 25.3. The predicted molar refractivity (Wildman–Crippen MR) is 169 cm³/mol. The molecular weight excluding hydrogens is 617 g/mol. The van der Waals surface area contributed by atoms with E-state index in [2.05, 4.69) is 30.9 Å². The minimum absolute atomic E-state index is 0.0305. The fourth-order valence-corrected chi connectivity index (χ4v) is 6.75. The second kappa shape index (κ2) is 10.7. The summed E-state index contributed by atoms with van der Waals surface area (Å²) in [6.07, 6.45) is 3.81. The third kappa shape index (κ3) is 4.85. The molecule has 0 amide bonds. The molecule has 0 spiro atoms. The lowest BCUT2D eigenvalue weighted by molar-refractivity contribution is -0.206. The lowest BCUT2D eigenvalue weighted by atomic mass is 9.50. The molecule has 46 heavy (non-hydrogen) atoms. The van der Waals surface area contributed by atoms with E-state index in [-0.39, 0.29) is 21.8 Å². The van der Waals surface area contributed by atoms with Gasteiger partial charge in [-0.25, -0.2) is 9.67 Å². The van der Waals surface area contributed by atoms with Gasteiger partial charge >= 0.3 is 6.18 Å². The molecule has 2 bridgehead atoms. The topological polar surface area (TPSA) is 114 Å². The maximum absolute atomic E-state index is 13.7. The number of nitriles is 1. The second-order valence-electron chi connectivity index (χ2n) is 12.9. The van der Waals surface area contributed by atoms with Crippen LogP contribution in [-0.4, -0.2) is 44.8 Å². The summed E-state index contributed by atoms with van der Waals surface area (Å²) in [4.78, 5) is 8.72. The molecular formula is C33H30ClF3N8O. The Morgan fingerprint density at radius 2 is 1.91 bits per heavy atom. The molecule has 0 aliphatic heterocycles. The highest BCUT2D eigenvalue weighted by Crippen LogP contribution is 2.62. The summed E-state index contributed by atoms with van der Waals surface area (Å²) in [7, 11) is 1.57. The van der Waals surface area contributed by atoms with Crippen LogP contribution in [0.25, 0.3) is 21.7 Å². The summed E-state index contributed by atoms with van der Waals surface area (Å²) in [6.45, 7) is 1.75. The maximum Gasteiger partial charge on any atom is 0.395 e. The first-order valence-electron chi connectivity index (χ1n) is 14.9. The van der Waals surface area contributed by atoms with E-state index in [0.29, 0.717) is 28.2 Å². The van der Waals surface area contributed by atoms with Crippen molar-refractivity contribution in [2.45, 2.75) is 50.9 Å². The van der Waals surface area contributed by atoms with Crippen molar-refractivity contribution in [2.75, 3.05) is 24.3 Å². The van der Waals surface area contributed by atoms with E-state index in [1.165, 1.54) is 6.20 Å². The molecule has 2 N–H and O–H groups in total. The van der Waals surface area contributed by atoms with E-state index >= 15 is 0 Å². The molecule has 13 heteroatoms. The Hall–Kier alpha value is -4.63. The standard InChI is InChI=1S/C33H30ClF3N8O/c1-31(2,33(35,36)37)17-41-27-19(14-38)15-40-28-24(27)9-20(10-25(28)34)42-29(26-16-45(44-43-26)32-11-18(12-32)13-32)22-5-4-6-23-21(22)7-8-39-30(23)46-3/h4-10,15-16,18,29,42H,11-13,17H2,1-3H3,(H,40,41)/t18?,29-,32?/m0/s1. The SMILES string of the molecule is COc1nccc2c([C@H](Nc3cc(Cl)c4ncc(C#N)c(NCC(C)(C)C(F)(F)F)c4c3)c3cn(C45CC(C4)C5)nn3)cccc12. The Balaban J connectivity index is 1.34. The molecule has 9 nitrogen and oxygen atoms in total. The van der Waals surface area contributed by atoms with Crippen LogP contribution in [-0.2, 0) is 5.54 Å². The van der Waals surface area contributed by atoms with Crippen LogP contribution in [0.3, 0.4) is 0 Å². The minimum Gasteiger partial charge on any atom is -0.481 e. The molecule has 0 unspecified atom stereocenters. The summed E-state index contributed by atoms with van der Waals surface area (Å²) >= 11 is 6.75. The number of nitrogens with zero attached hydrogens (tertiary/aromatic N) is 6. The molecule has 3 aliphatic rings. The zero-order chi connectivity index (χ0) is 32.4. The number of pyridine rings is 2. The van der Waals surface area contributed by atoms with Crippen molar-refractivity contribution in [2.24, 2.45) is 11.3 Å². The minimum atomic E-state index is -4.46. The van der Waals surface area contributed by atoms with Gasteiger partial charge in [0.05, 0.1) is 52.1 Å². The lowest BCUT2D eigenvalue weighted by Gasteiger charge is -2.61. The Morgan fingerprint density at radius 3 is 2.59 bits per heavy atom. The number of fused-ring (bicyclic) bond motifs is 2. The number of hydrogen-bond donors (Lipinski definition) is 2. The van der Waals surface area contributed by atoms with Gasteiger partial charge in [-0.05, 0) is 74.2 Å². The van der Waals surface area contributed by atoms with Gasteiger partial charge in [-0.1, -0.05) is 28.9 Å². The smallest absolute Gasteiger partial charge is 0.395 e. The van der Waals surface area contributed by atoms with Crippen molar-refractivity contribution in [3.63, 3.8) is 0 Å². The summed E-state index contributed by atoms with van der Waals surface area (Å²) in [5.74, 6) is 1.24. The Kier molecular flexibility index (Phi) is 7.01. The van der Waals surface area contributed by atoms with Crippen molar-refractivity contribution < 1.29 is 17.9 Å². The number of methoxy groups -OCH3 is 1. The summed E-state index contributed by atoms with van der Waals surface area (Å²) in [5.41, 5.74) is 0.764. The second-order valence-corrected chi connectivity index (χ2v) is 13.3. The van der Waals surface area contributed by atoms with Crippen molar-refractivity contribution in [3.05, 3.63) is 76.8 Å². The first-order chi connectivity index (χ1) is 21.9. The maximum atomic E-state index is 13.7. The normalized spacial score (nSPS) is 19.7. The first kappa shape index (κ1) is 30.0. The average molecular weight is 647 g/mol. The van der Waals surface area contributed by atoms with Crippen LogP contribution in [0.1, 0.15) is 56.0 Å². The fourth-order valence-electron chi connectivity index (χ4n) is 6.48. The highest BCUT2D eigenvalue weighted by Gasteiger charge is 2.59. The van der Waals surface area contributed by atoms with Crippen LogP contribution in [0.2, 0.25) is 5.02 Å². The summed E-state index contributed by atoms with van der Waals surface area (Å²) in [6, 6.07) is 12.7. The number of benzene rings is 2. The van der Waals surface area contributed by atoms with E-state index in [1.807, 2.05) is 41.2 Å². The number of rotatable bonds is 9. The highest BCUT2D eigenvalue weighted by molar-refractivity contribution is 6.35. The van der Waals surface area contributed by atoms with Crippen LogP contribution in [0.15, 0.2) is 55.0 Å². The Labute approximate surface area is 267 Å². The van der Waals surface area contributed by atoms with E-state index in [0.717, 1.165) is 55.4 Å². The van der Waals surface area contributed by atoms with Crippen LogP contribution < -0.4 is 15.4 Å². The molecule has 1 atom stereocenters. The summed E-state index contributed by atoms with van der Waals surface area (Å²) < 4.78 is 48.7. The van der Waals surface area contributed by atoms with Gasteiger partial charge in [0.25, 0.3) is 0 Å². The van der Waals surface area contributed by atoms with Gasteiger partial charge in [-0.2, -0.15) is 18.4 Å². The van der Waals surface area contributed by atoms with Gasteiger partial charge in [0.2, 0.25) is 5.88 Å². The molecule has 2 aromatic carbocycles. The Bertz CT molecular complexity index is 2020.